The first kappa shape index (κ1) is 15.3. The van der Waals surface area contributed by atoms with Crippen molar-refractivity contribution in [3.63, 3.8) is 0 Å². The van der Waals surface area contributed by atoms with Crippen molar-refractivity contribution in [1.29, 1.82) is 0 Å². The smallest absolute Gasteiger partial charge is 0.308 e. The van der Waals surface area contributed by atoms with E-state index in [4.69, 9.17) is 0 Å². The lowest BCUT2D eigenvalue weighted by Crippen LogP contribution is -2.21. The second kappa shape index (κ2) is 7.02. The van der Waals surface area contributed by atoms with Gasteiger partial charge in [-0.05, 0) is 24.1 Å². The van der Waals surface area contributed by atoms with Gasteiger partial charge in [0.15, 0.2) is 0 Å². The van der Waals surface area contributed by atoms with Crippen molar-refractivity contribution in [3.05, 3.63) is 35.6 Å². The van der Waals surface area contributed by atoms with E-state index < -0.39 is 0 Å². The monoisotopic (exact) mass is 266 g/mol. The zero-order chi connectivity index (χ0) is 14.4. The predicted octanol–water partition coefficient (Wildman–Crippen LogP) is 2.77. The fourth-order valence-electron chi connectivity index (χ4n) is 1.94. The zero-order valence-electron chi connectivity index (χ0n) is 11.5. The van der Waals surface area contributed by atoms with Gasteiger partial charge in [0.2, 0.25) is 0 Å². The number of hydrogen-bond acceptors (Lipinski definition) is 3. The largest absolute Gasteiger partial charge is 0.469 e. The summed E-state index contributed by atoms with van der Waals surface area (Å²) >= 11 is 0. The summed E-state index contributed by atoms with van der Waals surface area (Å²) in [5.41, 5.74) is 0.781. The summed E-state index contributed by atoms with van der Waals surface area (Å²) in [6.07, 6.45) is 0.724. The number of ketones is 1. The normalized spacial score (nSPS) is 13.7. The van der Waals surface area contributed by atoms with Crippen LogP contribution >= 0.6 is 0 Å². The summed E-state index contributed by atoms with van der Waals surface area (Å²) in [5, 5.41) is 0. The van der Waals surface area contributed by atoms with Gasteiger partial charge < -0.3 is 4.74 Å². The van der Waals surface area contributed by atoms with E-state index in [0.717, 1.165) is 5.56 Å². The fraction of sp³-hybridized carbons (Fsp3) is 0.467. The molecule has 2 atom stereocenters. The molecule has 0 radical (unpaired) electrons. The van der Waals surface area contributed by atoms with E-state index in [-0.39, 0.29) is 35.8 Å². The van der Waals surface area contributed by atoms with Crippen LogP contribution in [0.5, 0.6) is 0 Å². The van der Waals surface area contributed by atoms with Crippen molar-refractivity contribution in [2.45, 2.75) is 26.7 Å². The topological polar surface area (TPSA) is 43.4 Å². The number of hydrogen-bond donors (Lipinski definition) is 0. The van der Waals surface area contributed by atoms with E-state index in [1.165, 1.54) is 19.2 Å². The number of benzene rings is 1. The number of methoxy groups -OCH3 is 1. The molecule has 0 fully saturated rings. The Labute approximate surface area is 112 Å². The van der Waals surface area contributed by atoms with Gasteiger partial charge in [-0.15, -0.1) is 0 Å². The summed E-state index contributed by atoms with van der Waals surface area (Å²) in [7, 11) is 1.34. The van der Waals surface area contributed by atoms with E-state index in [9.17, 15) is 14.0 Å². The molecule has 1 aromatic carbocycles. The van der Waals surface area contributed by atoms with Crippen LogP contribution in [0.2, 0.25) is 0 Å². The highest BCUT2D eigenvalue weighted by Gasteiger charge is 2.21. The van der Waals surface area contributed by atoms with Crippen LogP contribution in [0.4, 0.5) is 4.39 Å². The van der Waals surface area contributed by atoms with Crippen LogP contribution in [0.1, 0.15) is 25.8 Å². The molecule has 0 spiro atoms. The highest BCUT2D eigenvalue weighted by atomic mass is 19.1. The third-order valence-corrected chi connectivity index (χ3v) is 3.15. The number of ether oxygens (including phenoxy) is 1. The van der Waals surface area contributed by atoms with Crippen molar-refractivity contribution < 1.29 is 18.7 Å². The van der Waals surface area contributed by atoms with Gasteiger partial charge in [0.05, 0.1) is 13.0 Å². The van der Waals surface area contributed by atoms with Crippen molar-refractivity contribution in [3.8, 4) is 0 Å². The second-order valence-corrected chi connectivity index (χ2v) is 4.83. The lowest BCUT2D eigenvalue weighted by atomic mass is 9.91. The Morgan fingerprint density at radius 3 is 2.26 bits per heavy atom. The Hall–Kier alpha value is -1.71. The molecule has 19 heavy (non-hydrogen) atoms. The highest BCUT2D eigenvalue weighted by molar-refractivity contribution is 5.83. The van der Waals surface area contributed by atoms with E-state index in [0.29, 0.717) is 6.42 Å². The molecule has 1 aromatic rings. The van der Waals surface area contributed by atoms with E-state index >= 15 is 0 Å². The molecule has 0 bridgehead atoms. The minimum absolute atomic E-state index is 0.0439. The lowest BCUT2D eigenvalue weighted by molar-refractivity contribution is -0.145. The Morgan fingerprint density at radius 1 is 1.16 bits per heavy atom. The van der Waals surface area contributed by atoms with Crippen LogP contribution in [-0.2, 0) is 20.7 Å². The average Bonchev–Trinajstić information content (AvgIpc) is 2.40. The second-order valence-electron chi connectivity index (χ2n) is 4.83. The van der Waals surface area contributed by atoms with Gasteiger partial charge in [-0.25, -0.2) is 4.39 Å². The quantitative estimate of drug-likeness (QED) is 0.744. The molecule has 0 saturated carbocycles. The molecule has 3 nitrogen and oxygen atoms in total. The minimum Gasteiger partial charge on any atom is -0.469 e. The van der Waals surface area contributed by atoms with E-state index in [1.54, 1.807) is 26.0 Å². The maximum absolute atomic E-state index is 12.7. The lowest BCUT2D eigenvalue weighted by Gasteiger charge is -2.14. The fourth-order valence-corrected chi connectivity index (χ4v) is 1.94. The van der Waals surface area contributed by atoms with Crippen molar-refractivity contribution >= 4 is 11.8 Å². The highest BCUT2D eigenvalue weighted by Crippen LogP contribution is 2.16. The Morgan fingerprint density at radius 2 is 1.74 bits per heavy atom. The molecule has 0 unspecified atom stereocenters. The molecule has 0 aliphatic rings. The molecule has 1 rings (SSSR count). The molecule has 0 N–H and O–H groups in total. The molecule has 0 heterocycles. The standard InChI is InChI=1S/C15H19FO3/c1-10(8-11(2)15(18)19-3)14(17)9-12-4-6-13(16)7-5-12/h4-7,10-11H,8-9H2,1-3H3/t10-,11+/m0/s1. The van der Waals surface area contributed by atoms with Gasteiger partial charge in [-0.2, -0.15) is 0 Å². The number of esters is 1. The van der Waals surface area contributed by atoms with Gasteiger partial charge in [-0.3, -0.25) is 9.59 Å². The van der Waals surface area contributed by atoms with Crippen LogP contribution in [0.15, 0.2) is 24.3 Å². The van der Waals surface area contributed by atoms with Crippen LogP contribution in [0.25, 0.3) is 0 Å². The molecule has 0 amide bonds. The minimum atomic E-state index is -0.316. The first-order valence-electron chi connectivity index (χ1n) is 6.29. The molecular formula is C15H19FO3. The number of rotatable bonds is 6. The Kier molecular flexibility index (Phi) is 5.67. The molecule has 104 valence electrons. The Balaban J connectivity index is 2.53. The zero-order valence-corrected chi connectivity index (χ0v) is 11.5. The van der Waals surface area contributed by atoms with Gasteiger partial charge in [0.25, 0.3) is 0 Å². The molecule has 0 aromatic heterocycles. The Bertz CT molecular complexity index is 439. The molecule has 4 heteroatoms. The number of carbonyl (C=O) groups excluding carboxylic acids is 2. The summed E-state index contributed by atoms with van der Waals surface area (Å²) in [5.74, 6) is -1.09. The average molecular weight is 266 g/mol. The molecule has 0 saturated heterocycles. The summed E-state index contributed by atoms with van der Waals surface area (Å²) in [6.45, 7) is 3.54. The van der Waals surface area contributed by atoms with Crippen LogP contribution < -0.4 is 0 Å². The van der Waals surface area contributed by atoms with Crippen molar-refractivity contribution in [2.24, 2.45) is 11.8 Å². The molecule has 0 aliphatic heterocycles. The van der Waals surface area contributed by atoms with Crippen molar-refractivity contribution in [1.82, 2.24) is 0 Å². The van der Waals surface area contributed by atoms with Gasteiger partial charge >= 0.3 is 5.97 Å². The number of halogens is 1. The SMILES string of the molecule is COC(=O)[C@H](C)C[C@H](C)C(=O)Cc1ccc(F)cc1. The number of Topliss-reactive ketones (excluding diaryl/α,β-unsaturated/α-hetero) is 1. The summed E-state index contributed by atoms with van der Waals surface area (Å²) in [4.78, 5) is 23.3. The third kappa shape index (κ3) is 4.81. The molecule has 0 aliphatic carbocycles. The van der Waals surface area contributed by atoms with Gasteiger partial charge in [-0.1, -0.05) is 26.0 Å². The number of carbonyl (C=O) groups is 2. The van der Waals surface area contributed by atoms with Crippen LogP contribution in [-0.4, -0.2) is 18.9 Å². The van der Waals surface area contributed by atoms with Gasteiger partial charge in [0.1, 0.15) is 11.6 Å². The maximum Gasteiger partial charge on any atom is 0.308 e. The summed E-state index contributed by atoms with van der Waals surface area (Å²) < 4.78 is 17.4. The summed E-state index contributed by atoms with van der Waals surface area (Å²) in [6, 6.07) is 5.88. The van der Waals surface area contributed by atoms with Crippen molar-refractivity contribution in [2.75, 3.05) is 7.11 Å². The van der Waals surface area contributed by atoms with E-state index in [1.807, 2.05) is 0 Å². The van der Waals surface area contributed by atoms with E-state index in [2.05, 4.69) is 4.74 Å². The predicted molar refractivity (Wildman–Crippen MR) is 70.1 cm³/mol. The van der Waals surface area contributed by atoms with Crippen LogP contribution in [0.3, 0.4) is 0 Å². The first-order chi connectivity index (χ1) is 8.93. The third-order valence-electron chi connectivity index (χ3n) is 3.15. The van der Waals surface area contributed by atoms with Crippen LogP contribution in [0, 0.1) is 17.7 Å². The molecular weight excluding hydrogens is 247 g/mol. The maximum atomic E-state index is 12.7. The first-order valence-corrected chi connectivity index (χ1v) is 6.29. The van der Waals surface area contributed by atoms with Gasteiger partial charge in [0, 0.05) is 12.3 Å².